The molecule has 2 aliphatic rings. The summed E-state index contributed by atoms with van der Waals surface area (Å²) in [4.78, 5) is 20.0. The van der Waals surface area contributed by atoms with Crippen molar-refractivity contribution < 1.29 is 4.79 Å². The molecule has 0 bridgehead atoms. The molecule has 30 heavy (non-hydrogen) atoms. The first kappa shape index (κ1) is 18.8. The van der Waals surface area contributed by atoms with Gasteiger partial charge >= 0.3 is 0 Å². The van der Waals surface area contributed by atoms with Gasteiger partial charge in [-0.05, 0) is 35.6 Å². The molecular weight excluding hydrogens is 368 g/mol. The number of amides is 1. The van der Waals surface area contributed by atoms with Crippen molar-refractivity contribution in [3.8, 4) is 0 Å². The number of piperidine rings is 1. The van der Waals surface area contributed by atoms with Gasteiger partial charge in [-0.3, -0.25) is 9.78 Å². The SMILES string of the molecule is O=C(CC(c1ccccc1)c1ccccc1)N1CCC2(C=Cc3cccnc32)CC1. The number of benzene rings is 2. The molecule has 2 aromatic carbocycles. The zero-order chi connectivity index (χ0) is 20.4. The summed E-state index contributed by atoms with van der Waals surface area (Å²) in [5, 5.41) is 0. The number of likely N-dealkylation sites (tertiary alicyclic amines) is 1. The summed E-state index contributed by atoms with van der Waals surface area (Å²) in [6.07, 6.45) is 8.78. The lowest BCUT2D eigenvalue weighted by molar-refractivity contribution is -0.132. The Morgan fingerprint density at radius 3 is 2.17 bits per heavy atom. The zero-order valence-corrected chi connectivity index (χ0v) is 17.1. The topological polar surface area (TPSA) is 33.2 Å². The molecule has 0 atom stereocenters. The van der Waals surface area contributed by atoms with Crippen LogP contribution in [0.3, 0.4) is 0 Å². The van der Waals surface area contributed by atoms with E-state index in [1.54, 1.807) is 0 Å². The minimum Gasteiger partial charge on any atom is -0.343 e. The highest BCUT2D eigenvalue weighted by Gasteiger charge is 2.40. The molecule has 2 heterocycles. The van der Waals surface area contributed by atoms with Crippen molar-refractivity contribution >= 4 is 12.0 Å². The van der Waals surface area contributed by atoms with Crippen molar-refractivity contribution in [3.63, 3.8) is 0 Å². The Kier molecular flexibility index (Phi) is 4.96. The molecule has 1 aliphatic carbocycles. The fourth-order valence-corrected chi connectivity index (χ4v) is 4.96. The molecule has 0 saturated carbocycles. The van der Waals surface area contributed by atoms with Crippen molar-refractivity contribution in [1.29, 1.82) is 0 Å². The molecule has 1 fully saturated rings. The Labute approximate surface area is 178 Å². The maximum absolute atomic E-state index is 13.3. The lowest BCUT2D eigenvalue weighted by Crippen LogP contribution is -2.44. The fourth-order valence-electron chi connectivity index (χ4n) is 4.96. The van der Waals surface area contributed by atoms with Crippen LogP contribution in [0.5, 0.6) is 0 Å². The molecule has 0 radical (unpaired) electrons. The van der Waals surface area contributed by atoms with E-state index in [0.717, 1.165) is 25.9 Å². The highest BCUT2D eigenvalue weighted by atomic mass is 16.2. The van der Waals surface area contributed by atoms with Crippen LogP contribution in [0.1, 0.15) is 47.6 Å². The fraction of sp³-hybridized carbons (Fsp3) is 0.259. The minimum atomic E-state index is 0.00559. The van der Waals surface area contributed by atoms with Gasteiger partial charge in [-0.2, -0.15) is 0 Å². The molecule has 1 saturated heterocycles. The van der Waals surface area contributed by atoms with Crippen LogP contribution in [0.15, 0.2) is 85.1 Å². The normalized spacial score (nSPS) is 16.8. The lowest BCUT2D eigenvalue weighted by atomic mass is 9.77. The van der Waals surface area contributed by atoms with Gasteiger partial charge in [0.25, 0.3) is 0 Å². The number of fused-ring (bicyclic) bond motifs is 2. The average Bonchev–Trinajstić information content (AvgIpc) is 3.17. The second kappa shape index (κ2) is 7.91. The second-order valence-corrected chi connectivity index (χ2v) is 8.39. The van der Waals surface area contributed by atoms with Gasteiger partial charge in [0.1, 0.15) is 0 Å². The van der Waals surface area contributed by atoms with E-state index in [1.807, 2.05) is 24.4 Å². The third-order valence-electron chi connectivity index (χ3n) is 6.68. The molecule has 1 aromatic heterocycles. The van der Waals surface area contributed by atoms with Crippen molar-refractivity contribution in [2.24, 2.45) is 0 Å². The number of hydrogen-bond donors (Lipinski definition) is 0. The molecule has 0 unspecified atom stereocenters. The van der Waals surface area contributed by atoms with E-state index in [1.165, 1.54) is 22.4 Å². The van der Waals surface area contributed by atoms with E-state index >= 15 is 0 Å². The van der Waals surface area contributed by atoms with Crippen LogP contribution in [-0.2, 0) is 10.2 Å². The van der Waals surface area contributed by atoms with Crippen molar-refractivity contribution in [2.45, 2.75) is 30.6 Å². The number of carbonyl (C=O) groups is 1. The number of pyridine rings is 1. The van der Waals surface area contributed by atoms with Crippen LogP contribution in [0, 0.1) is 0 Å². The van der Waals surface area contributed by atoms with Crippen LogP contribution in [-0.4, -0.2) is 28.9 Å². The first-order valence-electron chi connectivity index (χ1n) is 10.8. The molecule has 5 rings (SSSR count). The van der Waals surface area contributed by atoms with Gasteiger partial charge in [-0.1, -0.05) is 78.9 Å². The molecule has 3 aromatic rings. The van der Waals surface area contributed by atoms with E-state index < -0.39 is 0 Å². The number of hydrogen-bond acceptors (Lipinski definition) is 2. The second-order valence-electron chi connectivity index (χ2n) is 8.39. The summed E-state index contributed by atoms with van der Waals surface area (Å²) in [7, 11) is 0. The Bertz CT molecular complexity index is 1010. The smallest absolute Gasteiger partial charge is 0.223 e. The number of carbonyl (C=O) groups excluding carboxylic acids is 1. The molecule has 3 heteroatoms. The summed E-state index contributed by atoms with van der Waals surface area (Å²) in [6.45, 7) is 1.57. The van der Waals surface area contributed by atoms with Crippen LogP contribution >= 0.6 is 0 Å². The average molecular weight is 395 g/mol. The summed E-state index contributed by atoms with van der Waals surface area (Å²) in [5.74, 6) is 0.329. The van der Waals surface area contributed by atoms with E-state index in [9.17, 15) is 4.79 Å². The minimum absolute atomic E-state index is 0.00559. The van der Waals surface area contributed by atoms with Crippen LogP contribution in [0.4, 0.5) is 0 Å². The van der Waals surface area contributed by atoms with Crippen LogP contribution in [0.2, 0.25) is 0 Å². The largest absolute Gasteiger partial charge is 0.343 e. The van der Waals surface area contributed by atoms with Crippen molar-refractivity contribution in [1.82, 2.24) is 9.88 Å². The quantitative estimate of drug-likeness (QED) is 0.610. The highest BCUT2D eigenvalue weighted by molar-refractivity contribution is 5.78. The molecule has 1 aliphatic heterocycles. The highest BCUT2D eigenvalue weighted by Crippen LogP contribution is 2.42. The van der Waals surface area contributed by atoms with Crippen molar-refractivity contribution in [2.75, 3.05) is 13.1 Å². The number of aromatic nitrogens is 1. The summed E-state index contributed by atoms with van der Waals surface area (Å²) in [6, 6.07) is 24.9. The maximum atomic E-state index is 13.3. The van der Waals surface area contributed by atoms with Gasteiger partial charge in [0.2, 0.25) is 5.91 Å². The first-order valence-corrected chi connectivity index (χ1v) is 10.8. The molecule has 150 valence electrons. The Hall–Kier alpha value is -3.20. The molecular formula is C27H26N2O. The number of allylic oxidation sites excluding steroid dienone is 1. The first-order chi connectivity index (χ1) is 14.8. The van der Waals surface area contributed by atoms with Gasteiger partial charge < -0.3 is 4.90 Å². The molecule has 3 nitrogen and oxygen atoms in total. The van der Waals surface area contributed by atoms with Crippen molar-refractivity contribution in [3.05, 3.63) is 107 Å². The van der Waals surface area contributed by atoms with Crippen LogP contribution < -0.4 is 0 Å². The van der Waals surface area contributed by atoms with Gasteiger partial charge in [-0.25, -0.2) is 0 Å². The Morgan fingerprint density at radius 2 is 1.53 bits per heavy atom. The summed E-state index contributed by atoms with van der Waals surface area (Å²) >= 11 is 0. The van der Waals surface area contributed by atoms with Gasteiger partial charge in [0.05, 0.1) is 5.69 Å². The van der Waals surface area contributed by atoms with E-state index in [-0.39, 0.29) is 17.2 Å². The van der Waals surface area contributed by atoms with Gasteiger partial charge in [0.15, 0.2) is 0 Å². The number of nitrogens with zero attached hydrogens (tertiary/aromatic N) is 2. The van der Waals surface area contributed by atoms with Gasteiger partial charge in [0, 0.05) is 37.0 Å². The molecule has 0 N–H and O–H groups in total. The van der Waals surface area contributed by atoms with Gasteiger partial charge in [-0.15, -0.1) is 0 Å². The molecule has 1 spiro atoms. The Morgan fingerprint density at radius 1 is 0.900 bits per heavy atom. The third kappa shape index (κ3) is 3.45. The lowest BCUT2D eigenvalue weighted by Gasteiger charge is -2.39. The monoisotopic (exact) mass is 394 g/mol. The Balaban J connectivity index is 1.31. The van der Waals surface area contributed by atoms with Crippen LogP contribution in [0.25, 0.3) is 6.08 Å². The zero-order valence-electron chi connectivity index (χ0n) is 17.1. The summed E-state index contributed by atoms with van der Waals surface area (Å²) in [5.41, 5.74) is 4.81. The summed E-state index contributed by atoms with van der Waals surface area (Å²) < 4.78 is 0. The molecule has 1 amide bonds. The van der Waals surface area contributed by atoms with E-state index in [0.29, 0.717) is 6.42 Å². The van der Waals surface area contributed by atoms with E-state index in [4.69, 9.17) is 0 Å². The van der Waals surface area contributed by atoms with E-state index in [2.05, 4.69) is 76.6 Å². The number of rotatable bonds is 4. The predicted octanol–water partition coefficient (Wildman–Crippen LogP) is 5.19. The standard InChI is InChI=1S/C27H26N2O/c30-25(20-24(21-8-3-1-4-9-21)22-10-5-2-6-11-22)29-18-15-27(16-19-29)14-13-23-12-7-17-28-26(23)27/h1-14,17,24H,15-16,18-20H2. The predicted molar refractivity (Wildman–Crippen MR) is 120 cm³/mol. The maximum Gasteiger partial charge on any atom is 0.223 e. The third-order valence-corrected chi connectivity index (χ3v) is 6.68.